The van der Waals surface area contributed by atoms with E-state index >= 15 is 0 Å². The van der Waals surface area contributed by atoms with Gasteiger partial charge in [0.25, 0.3) is 0 Å². The molecule has 0 bridgehead atoms. The monoisotopic (exact) mass is 370 g/mol. The molecule has 0 aliphatic carbocycles. The third-order valence-electron chi connectivity index (χ3n) is 3.80. The van der Waals surface area contributed by atoms with Gasteiger partial charge in [-0.3, -0.25) is 0 Å². The number of hydrogen-bond acceptors (Lipinski definition) is 5. The maximum atomic E-state index is 12.9. The van der Waals surface area contributed by atoms with Gasteiger partial charge in [0, 0.05) is 19.1 Å². The number of amides is 1. The molecule has 1 aromatic rings. The molecule has 1 amide bonds. The Morgan fingerprint density at radius 1 is 1.31 bits per heavy atom. The summed E-state index contributed by atoms with van der Waals surface area (Å²) < 4.78 is 43.9. The highest BCUT2D eigenvalue weighted by Crippen LogP contribution is 2.31. The van der Waals surface area contributed by atoms with Crippen LogP contribution in [0.25, 0.3) is 0 Å². The fourth-order valence-electron chi connectivity index (χ4n) is 2.64. The van der Waals surface area contributed by atoms with Gasteiger partial charge >= 0.3 is 12.3 Å². The van der Waals surface area contributed by atoms with Crippen LogP contribution in [0.2, 0.25) is 0 Å². The average Bonchev–Trinajstić information content (AvgIpc) is 2.52. The van der Waals surface area contributed by atoms with Crippen LogP contribution in [-0.2, 0) is 10.9 Å². The minimum absolute atomic E-state index is 0.0260. The van der Waals surface area contributed by atoms with Gasteiger partial charge in [-0.25, -0.2) is 9.78 Å². The maximum Gasteiger partial charge on any atom is 0.433 e. The van der Waals surface area contributed by atoms with Crippen molar-refractivity contribution in [3.8, 4) is 6.07 Å². The predicted molar refractivity (Wildman–Crippen MR) is 88.6 cm³/mol. The molecule has 0 saturated carbocycles. The summed E-state index contributed by atoms with van der Waals surface area (Å²) in [6.07, 6.45) is -4.06. The molecular weight excluding hydrogens is 349 g/mol. The molecule has 26 heavy (non-hydrogen) atoms. The van der Waals surface area contributed by atoms with Gasteiger partial charge in [0.15, 0.2) is 0 Å². The van der Waals surface area contributed by atoms with Crippen molar-refractivity contribution < 1.29 is 22.7 Å². The van der Waals surface area contributed by atoms with E-state index in [0.29, 0.717) is 25.9 Å². The molecule has 1 N–H and O–H groups in total. The topological polar surface area (TPSA) is 78.2 Å². The van der Waals surface area contributed by atoms with E-state index in [9.17, 15) is 18.0 Å². The number of hydrogen-bond donors (Lipinski definition) is 1. The second-order valence-electron chi connectivity index (χ2n) is 7.08. The molecule has 1 saturated heterocycles. The lowest BCUT2D eigenvalue weighted by atomic mass is 10.0. The van der Waals surface area contributed by atoms with E-state index in [1.165, 1.54) is 0 Å². The molecule has 0 spiro atoms. The van der Waals surface area contributed by atoms with Crippen molar-refractivity contribution in [3.63, 3.8) is 0 Å². The predicted octanol–water partition coefficient (Wildman–Crippen LogP) is 3.47. The fraction of sp³-hybridized carbons (Fsp3) is 0.588. The quantitative estimate of drug-likeness (QED) is 0.863. The van der Waals surface area contributed by atoms with E-state index in [0.717, 1.165) is 12.1 Å². The van der Waals surface area contributed by atoms with Gasteiger partial charge in [0.05, 0.1) is 5.56 Å². The van der Waals surface area contributed by atoms with Crippen molar-refractivity contribution in [1.29, 1.82) is 5.26 Å². The highest BCUT2D eigenvalue weighted by Gasteiger charge is 2.34. The third kappa shape index (κ3) is 5.25. The van der Waals surface area contributed by atoms with Crippen molar-refractivity contribution in [3.05, 3.63) is 23.4 Å². The number of alkyl halides is 3. The maximum absolute atomic E-state index is 12.9. The van der Waals surface area contributed by atoms with Crippen molar-refractivity contribution in [2.45, 2.75) is 51.4 Å². The Hall–Kier alpha value is -2.50. The summed E-state index contributed by atoms with van der Waals surface area (Å²) in [4.78, 5) is 17.1. The summed E-state index contributed by atoms with van der Waals surface area (Å²) >= 11 is 0. The van der Waals surface area contributed by atoms with Crippen molar-refractivity contribution >= 4 is 11.9 Å². The number of halogens is 3. The SMILES string of the molecule is CC(C)(C)OC(=O)NC1CCN(c2nc(C(F)(F)F)ccc2C#N)CC1. The average molecular weight is 370 g/mol. The Labute approximate surface area is 149 Å². The molecule has 0 aromatic carbocycles. The zero-order valence-corrected chi connectivity index (χ0v) is 14.9. The minimum atomic E-state index is -4.57. The number of carbonyl (C=O) groups is 1. The van der Waals surface area contributed by atoms with E-state index in [1.54, 1.807) is 25.7 Å². The van der Waals surface area contributed by atoms with E-state index in [-0.39, 0.29) is 17.4 Å². The number of nitrogens with one attached hydrogen (secondary N) is 1. The van der Waals surface area contributed by atoms with Gasteiger partial charge in [-0.05, 0) is 45.7 Å². The van der Waals surface area contributed by atoms with Crippen LogP contribution in [0.3, 0.4) is 0 Å². The molecule has 1 fully saturated rings. The van der Waals surface area contributed by atoms with Gasteiger partial charge in [0.1, 0.15) is 23.2 Å². The van der Waals surface area contributed by atoms with Crippen LogP contribution >= 0.6 is 0 Å². The summed E-state index contributed by atoms with van der Waals surface area (Å²) in [6.45, 7) is 6.04. The largest absolute Gasteiger partial charge is 0.444 e. The molecule has 1 aromatic heterocycles. The van der Waals surface area contributed by atoms with Crippen molar-refractivity contribution in [1.82, 2.24) is 10.3 Å². The molecule has 2 heterocycles. The Balaban J connectivity index is 2.04. The molecule has 142 valence electrons. The molecule has 6 nitrogen and oxygen atoms in total. The standard InChI is InChI=1S/C17H21F3N4O2/c1-16(2,3)26-15(25)22-12-6-8-24(9-7-12)14-11(10-21)4-5-13(23-14)17(18,19)20/h4-5,12H,6-9H2,1-3H3,(H,22,25). The normalized spacial score (nSPS) is 16.1. The molecule has 0 unspecified atom stereocenters. The van der Waals surface area contributed by atoms with Crippen LogP contribution in [0.4, 0.5) is 23.8 Å². The molecule has 0 radical (unpaired) electrons. The summed E-state index contributed by atoms with van der Waals surface area (Å²) in [5.74, 6) is 0.0260. The summed E-state index contributed by atoms with van der Waals surface area (Å²) in [7, 11) is 0. The zero-order valence-electron chi connectivity index (χ0n) is 14.9. The number of piperidine rings is 1. The lowest BCUT2D eigenvalue weighted by Crippen LogP contribution is -2.46. The smallest absolute Gasteiger partial charge is 0.433 e. The second-order valence-corrected chi connectivity index (χ2v) is 7.08. The molecule has 1 aliphatic heterocycles. The van der Waals surface area contributed by atoms with Crippen molar-refractivity contribution in [2.75, 3.05) is 18.0 Å². The number of anilines is 1. The van der Waals surface area contributed by atoms with Crippen LogP contribution < -0.4 is 10.2 Å². The number of alkyl carbamates (subject to hydrolysis) is 1. The Bertz CT molecular complexity index is 699. The first-order valence-electron chi connectivity index (χ1n) is 8.22. The minimum Gasteiger partial charge on any atom is -0.444 e. The van der Waals surface area contributed by atoms with Gasteiger partial charge in [-0.15, -0.1) is 0 Å². The Kier molecular flexibility index (Phi) is 5.64. The lowest BCUT2D eigenvalue weighted by Gasteiger charge is -2.34. The molecule has 2 rings (SSSR count). The number of pyridine rings is 1. The van der Waals surface area contributed by atoms with Crippen molar-refractivity contribution in [2.24, 2.45) is 0 Å². The van der Waals surface area contributed by atoms with Gasteiger partial charge in [0.2, 0.25) is 0 Å². The highest BCUT2D eigenvalue weighted by molar-refractivity contribution is 5.68. The number of aromatic nitrogens is 1. The number of ether oxygens (including phenoxy) is 1. The number of nitrogens with zero attached hydrogens (tertiary/aromatic N) is 3. The fourth-order valence-corrected chi connectivity index (χ4v) is 2.64. The first-order valence-corrected chi connectivity index (χ1v) is 8.22. The number of rotatable bonds is 2. The van der Waals surface area contributed by atoms with Gasteiger partial charge in [-0.2, -0.15) is 18.4 Å². The van der Waals surface area contributed by atoms with Crippen LogP contribution in [0.15, 0.2) is 12.1 Å². The Morgan fingerprint density at radius 2 is 1.92 bits per heavy atom. The van der Waals surface area contributed by atoms with Crippen LogP contribution in [0, 0.1) is 11.3 Å². The van der Waals surface area contributed by atoms with Crippen LogP contribution in [-0.4, -0.2) is 35.8 Å². The first kappa shape index (κ1) is 19.8. The van der Waals surface area contributed by atoms with E-state index in [1.807, 2.05) is 6.07 Å². The Morgan fingerprint density at radius 3 is 2.42 bits per heavy atom. The molecule has 9 heteroatoms. The van der Waals surface area contributed by atoms with E-state index < -0.39 is 23.6 Å². The highest BCUT2D eigenvalue weighted by atomic mass is 19.4. The third-order valence-corrected chi connectivity index (χ3v) is 3.80. The molecule has 0 atom stereocenters. The second kappa shape index (κ2) is 7.40. The summed E-state index contributed by atoms with van der Waals surface area (Å²) in [5.41, 5.74) is -1.54. The van der Waals surface area contributed by atoms with E-state index in [2.05, 4.69) is 10.3 Å². The first-order chi connectivity index (χ1) is 12.0. The van der Waals surface area contributed by atoms with Crippen LogP contribution in [0.5, 0.6) is 0 Å². The zero-order chi connectivity index (χ0) is 19.5. The summed E-state index contributed by atoms with van der Waals surface area (Å²) in [5, 5.41) is 11.9. The van der Waals surface area contributed by atoms with Gasteiger partial charge in [-0.1, -0.05) is 0 Å². The van der Waals surface area contributed by atoms with E-state index in [4.69, 9.17) is 10.00 Å². The van der Waals surface area contributed by atoms with Crippen LogP contribution in [0.1, 0.15) is 44.9 Å². The molecular formula is C17H21F3N4O2. The summed E-state index contributed by atoms with van der Waals surface area (Å²) in [6, 6.07) is 3.68. The lowest BCUT2D eigenvalue weighted by molar-refractivity contribution is -0.141. The number of carbonyl (C=O) groups excluding carboxylic acids is 1. The van der Waals surface area contributed by atoms with Gasteiger partial charge < -0.3 is 15.0 Å². The number of nitriles is 1. The molecule has 1 aliphatic rings.